The fourth-order valence-electron chi connectivity index (χ4n) is 3.86. The summed E-state index contributed by atoms with van der Waals surface area (Å²) in [6.07, 6.45) is 0. The van der Waals surface area contributed by atoms with Gasteiger partial charge in [0.2, 0.25) is 0 Å². The predicted molar refractivity (Wildman–Crippen MR) is 132 cm³/mol. The third-order valence-electron chi connectivity index (χ3n) is 5.74. The first-order valence-electron chi connectivity index (χ1n) is 10.7. The van der Waals surface area contributed by atoms with Crippen molar-refractivity contribution < 1.29 is 20.1 Å². The number of nitrogens with zero attached hydrogens (tertiary/aromatic N) is 1. The minimum Gasteiger partial charge on any atom is -0.508 e. The van der Waals surface area contributed by atoms with Crippen LogP contribution in [0.1, 0.15) is 22.3 Å². The van der Waals surface area contributed by atoms with Crippen molar-refractivity contribution in [1.29, 1.82) is 0 Å². The van der Waals surface area contributed by atoms with E-state index in [0.29, 0.717) is 17.1 Å². The molecule has 0 aliphatic carbocycles. The molecule has 3 N–H and O–H groups in total. The second kappa shape index (κ2) is 8.79. The zero-order valence-electron chi connectivity index (χ0n) is 19.1. The van der Waals surface area contributed by atoms with Gasteiger partial charge in [0.25, 0.3) is 0 Å². The summed E-state index contributed by atoms with van der Waals surface area (Å²) in [4.78, 5) is 1.99. The summed E-state index contributed by atoms with van der Waals surface area (Å²) in [5.41, 5.74) is 5.87. The standard InChI is InChI=1S/C28H27NO4/c1-17-8-11-22(30)15-25(17)29(26-16-23(31)12-9-18(26)2)21-6-5-7-24(14-21)33-28-19(3)10-13-27(32)20(28)4/h5-16,30-32H,1-4H3. The number of hydrogen-bond donors (Lipinski definition) is 3. The molecular weight excluding hydrogens is 414 g/mol. The van der Waals surface area contributed by atoms with E-state index in [4.69, 9.17) is 4.74 Å². The third kappa shape index (κ3) is 4.44. The Kier molecular flexibility index (Phi) is 5.88. The van der Waals surface area contributed by atoms with Crippen LogP contribution >= 0.6 is 0 Å². The molecule has 0 saturated heterocycles. The summed E-state index contributed by atoms with van der Waals surface area (Å²) in [6, 6.07) is 21.5. The smallest absolute Gasteiger partial charge is 0.136 e. The van der Waals surface area contributed by atoms with Crippen molar-refractivity contribution >= 4 is 17.1 Å². The summed E-state index contributed by atoms with van der Waals surface area (Å²) < 4.78 is 6.21. The van der Waals surface area contributed by atoms with Crippen LogP contribution in [-0.4, -0.2) is 15.3 Å². The topological polar surface area (TPSA) is 73.2 Å². The Morgan fingerprint density at radius 1 is 0.636 bits per heavy atom. The Morgan fingerprint density at radius 2 is 1.21 bits per heavy atom. The molecule has 0 aliphatic rings. The van der Waals surface area contributed by atoms with Gasteiger partial charge in [0, 0.05) is 29.4 Å². The minimum atomic E-state index is 0.150. The SMILES string of the molecule is Cc1ccc(O)cc1N(c1cccc(Oc2c(C)ccc(O)c2C)c1)c1cc(O)ccc1C. The largest absolute Gasteiger partial charge is 0.508 e. The highest BCUT2D eigenvalue weighted by atomic mass is 16.5. The zero-order chi connectivity index (χ0) is 23.7. The van der Waals surface area contributed by atoms with Crippen molar-refractivity contribution in [3.63, 3.8) is 0 Å². The summed E-state index contributed by atoms with van der Waals surface area (Å²) in [7, 11) is 0. The summed E-state index contributed by atoms with van der Waals surface area (Å²) >= 11 is 0. The molecule has 4 rings (SSSR count). The van der Waals surface area contributed by atoms with Crippen LogP contribution in [0.4, 0.5) is 17.1 Å². The Labute approximate surface area is 193 Å². The van der Waals surface area contributed by atoms with Crippen LogP contribution in [0.25, 0.3) is 0 Å². The van der Waals surface area contributed by atoms with Gasteiger partial charge in [-0.1, -0.05) is 24.3 Å². The van der Waals surface area contributed by atoms with Gasteiger partial charge in [-0.25, -0.2) is 0 Å². The molecule has 5 heteroatoms. The van der Waals surface area contributed by atoms with E-state index in [-0.39, 0.29) is 17.2 Å². The Bertz CT molecular complexity index is 1280. The van der Waals surface area contributed by atoms with Crippen molar-refractivity contribution in [3.05, 3.63) is 95.1 Å². The van der Waals surface area contributed by atoms with E-state index in [1.807, 2.05) is 75.1 Å². The minimum absolute atomic E-state index is 0.150. The lowest BCUT2D eigenvalue weighted by Gasteiger charge is -2.29. The molecular formula is C28H27NO4. The van der Waals surface area contributed by atoms with Gasteiger partial charge in [0.1, 0.15) is 28.7 Å². The predicted octanol–water partition coefficient (Wildman–Crippen LogP) is 7.30. The van der Waals surface area contributed by atoms with E-state index >= 15 is 0 Å². The molecule has 0 saturated carbocycles. The number of ether oxygens (including phenoxy) is 1. The van der Waals surface area contributed by atoms with Crippen molar-refractivity contribution in [2.45, 2.75) is 27.7 Å². The number of benzene rings is 4. The Balaban J connectivity index is 1.86. The first kappa shape index (κ1) is 22.1. The lowest BCUT2D eigenvalue weighted by molar-refractivity contribution is 0.446. The number of rotatable bonds is 5. The van der Waals surface area contributed by atoms with E-state index in [1.54, 1.807) is 30.3 Å². The van der Waals surface area contributed by atoms with E-state index in [1.165, 1.54) is 0 Å². The van der Waals surface area contributed by atoms with Gasteiger partial charge >= 0.3 is 0 Å². The van der Waals surface area contributed by atoms with Crippen molar-refractivity contribution in [2.24, 2.45) is 0 Å². The van der Waals surface area contributed by atoms with Gasteiger partial charge < -0.3 is 25.0 Å². The molecule has 0 amide bonds. The maximum atomic E-state index is 10.2. The van der Waals surface area contributed by atoms with Crippen LogP contribution < -0.4 is 9.64 Å². The lowest BCUT2D eigenvalue weighted by atomic mass is 10.1. The molecule has 168 valence electrons. The molecule has 5 nitrogen and oxygen atoms in total. The van der Waals surface area contributed by atoms with Crippen LogP contribution in [0.5, 0.6) is 28.7 Å². The van der Waals surface area contributed by atoms with Crippen molar-refractivity contribution in [1.82, 2.24) is 0 Å². The average Bonchev–Trinajstić information content (AvgIpc) is 2.79. The summed E-state index contributed by atoms with van der Waals surface area (Å²) in [6.45, 7) is 7.70. The summed E-state index contributed by atoms with van der Waals surface area (Å²) in [5.74, 6) is 1.69. The van der Waals surface area contributed by atoms with Crippen LogP contribution in [0, 0.1) is 27.7 Å². The van der Waals surface area contributed by atoms with E-state index in [9.17, 15) is 15.3 Å². The van der Waals surface area contributed by atoms with Gasteiger partial charge in [-0.15, -0.1) is 0 Å². The molecule has 0 bridgehead atoms. The molecule has 33 heavy (non-hydrogen) atoms. The number of hydrogen-bond acceptors (Lipinski definition) is 5. The number of aromatic hydroxyl groups is 3. The second-order valence-electron chi connectivity index (χ2n) is 8.23. The monoisotopic (exact) mass is 441 g/mol. The zero-order valence-corrected chi connectivity index (χ0v) is 19.1. The molecule has 0 spiro atoms. The molecule has 4 aromatic carbocycles. The Morgan fingerprint density at radius 3 is 1.82 bits per heavy atom. The number of anilines is 3. The number of phenols is 3. The number of phenolic OH excluding ortho intramolecular Hbond substituents is 3. The summed E-state index contributed by atoms with van der Waals surface area (Å²) in [5, 5.41) is 30.6. The van der Waals surface area contributed by atoms with Crippen molar-refractivity contribution in [2.75, 3.05) is 4.90 Å². The second-order valence-corrected chi connectivity index (χ2v) is 8.23. The molecule has 0 heterocycles. The molecule has 4 aromatic rings. The van der Waals surface area contributed by atoms with Crippen LogP contribution in [-0.2, 0) is 0 Å². The first-order chi connectivity index (χ1) is 15.7. The highest BCUT2D eigenvalue weighted by Gasteiger charge is 2.19. The van der Waals surface area contributed by atoms with E-state index < -0.39 is 0 Å². The van der Waals surface area contributed by atoms with Crippen LogP contribution in [0.15, 0.2) is 72.8 Å². The third-order valence-corrected chi connectivity index (χ3v) is 5.74. The molecule has 0 atom stereocenters. The number of aryl methyl sites for hydroxylation is 3. The fraction of sp³-hybridized carbons (Fsp3) is 0.143. The quantitative estimate of drug-likeness (QED) is 0.303. The fourth-order valence-corrected chi connectivity index (χ4v) is 3.86. The van der Waals surface area contributed by atoms with Gasteiger partial charge in [-0.05, 0) is 74.7 Å². The average molecular weight is 442 g/mol. The highest BCUT2D eigenvalue weighted by molar-refractivity contribution is 5.81. The molecule has 0 unspecified atom stereocenters. The van der Waals surface area contributed by atoms with E-state index in [2.05, 4.69) is 0 Å². The molecule has 0 aliphatic heterocycles. The van der Waals surface area contributed by atoms with Gasteiger partial charge in [0.05, 0.1) is 11.4 Å². The Hall–Kier alpha value is -4.12. The first-order valence-corrected chi connectivity index (χ1v) is 10.7. The van der Waals surface area contributed by atoms with Gasteiger partial charge in [-0.2, -0.15) is 0 Å². The lowest BCUT2D eigenvalue weighted by Crippen LogP contribution is -2.12. The van der Waals surface area contributed by atoms with Crippen LogP contribution in [0.2, 0.25) is 0 Å². The van der Waals surface area contributed by atoms with Crippen molar-refractivity contribution in [3.8, 4) is 28.7 Å². The maximum absolute atomic E-state index is 10.2. The molecule has 0 radical (unpaired) electrons. The van der Waals surface area contributed by atoms with E-state index in [0.717, 1.165) is 33.8 Å². The van der Waals surface area contributed by atoms with Gasteiger partial charge in [-0.3, -0.25) is 0 Å². The molecule has 0 fully saturated rings. The van der Waals surface area contributed by atoms with Crippen LogP contribution in [0.3, 0.4) is 0 Å². The maximum Gasteiger partial charge on any atom is 0.136 e. The van der Waals surface area contributed by atoms with Gasteiger partial charge in [0.15, 0.2) is 0 Å². The molecule has 0 aromatic heterocycles. The highest BCUT2D eigenvalue weighted by Crippen LogP contribution is 2.42. The normalized spacial score (nSPS) is 10.8.